The van der Waals surface area contributed by atoms with Gasteiger partial charge in [-0.15, -0.1) is 0 Å². The lowest BCUT2D eigenvalue weighted by molar-refractivity contribution is -0.137. The summed E-state index contributed by atoms with van der Waals surface area (Å²) in [6.45, 7) is 9.68. The molecule has 0 aromatic heterocycles. The van der Waals surface area contributed by atoms with Crippen LogP contribution < -0.4 is 10.6 Å². The molecule has 0 fully saturated rings. The van der Waals surface area contributed by atoms with E-state index in [1.807, 2.05) is 0 Å². The number of carbonyl (C=O) groups excluding carboxylic acids is 2. The van der Waals surface area contributed by atoms with E-state index >= 15 is 0 Å². The second kappa shape index (κ2) is 8.64. The molecule has 0 aliphatic heterocycles. The minimum absolute atomic E-state index is 0.0105. The van der Waals surface area contributed by atoms with Crippen LogP contribution in [0.1, 0.15) is 53.9 Å². The van der Waals surface area contributed by atoms with Crippen LogP contribution in [0, 0.1) is 11.3 Å². The highest BCUT2D eigenvalue weighted by Crippen LogP contribution is 2.32. The van der Waals surface area contributed by atoms with Crippen molar-refractivity contribution in [2.45, 2.75) is 59.9 Å². The zero-order chi connectivity index (χ0) is 16.6. The Hall–Kier alpha value is -1.59. The average molecular weight is 300 g/mol. The van der Waals surface area contributed by atoms with E-state index in [0.29, 0.717) is 13.0 Å². The average Bonchev–Trinajstić information content (AvgIpc) is 2.30. The van der Waals surface area contributed by atoms with Crippen LogP contribution >= 0.6 is 0 Å². The summed E-state index contributed by atoms with van der Waals surface area (Å²) >= 11 is 0. The smallest absolute Gasteiger partial charge is 0.303 e. The maximum atomic E-state index is 11.8. The van der Waals surface area contributed by atoms with Gasteiger partial charge in [0, 0.05) is 19.9 Å². The highest BCUT2D eigenvalue weighted by atomic mass is 16.4. The maximum absolute atomic E-state index is 11.8. The normalized spacial score (nSPS) is 14.1. The predicted octanol–water partition coefficient (Wildman–Crippen LogP) is 1.54. The van der Waals surface area contributed by atoms with E-state index in [4.69, 9.17) is 5.11 Å². The largest absolute Gasteiger partial charge is 0.481 e. The van der Waals surface area contributed by atoms with Gasteiger partial charge in [0.25, 0.3) is 0 Å². The minimum atomic E-state index is -0.799. The van der Waals surface area contributed by atoms with Crippen molar-refractivity contribution in [2.75, 3.05) is 6.54 Å². The number of aliphatic carboxylic acids is 1. The molecule has 21 heavy (non-hydrogen) atoms. The first-order chi connectivity index (χ1) is 9.54. The molecule has 0 saturated carbocycles. The molecule has 6 nitrogen and oxygen atoms in total. The maximum Gasteiger partial charge on any atom is 0.303 e. The van der Waals surface area contributed by atoms with Crippen molar-refractivity contribution < 1.29 is 19.5 Å². The van der Waals surface area contributed by atoms with Crippen LogP contribution in [0.15, 0.2) is 0 Å². The molecule has 3 N–H and O–H groups in total. The highest BCUT2D eigenvalue weighted by molar-refractivity contribution is 5.86. The number of amides is 2. The Morgan fingerprint density at radius 1 is 1.14 bits per heavy atom. The first-order valence-electron chi connectivity index (χ1n) is 7.30. The third-order valence-electron chi connectivity index (χ3n) is 3.54. The summed E-state index contributed by atoms with van der Waals surface area (Å²) < 4.78 is 0. The first kappa shape index (κ1) is 19.4. The summed E-state index contributed by atoms with van der Waals surface area (Å²) in [7, 11) is 0. The molecule has 0 radical (unpaired) electrons. The van der Waals surface area contributed by atoms with E-state index in [9.17, 15) is 14.4 Å². The van der Waals surface area contributed by atoms with Crippen molar-refractivity contribution in [3.05, 3.63) is 0 Å². The number of hydrogen-bond acceptors (Lipinski definition) is 3. The van der Waals surface area contributed by atoms with Gasteiger partial charge in [0.1, 0.15) is 6.04 Å². The summed E-state index contributed by atoms with van der Waals surface area (Å²) in [5.74, 6) is -1.06. The van der Waals surface area contributed by atoms with Gasteiger partial charge in [0.15, 0.2) is 0 Å². The summed E-state index contributed by atoms with van der Waals surface area (Å²) in [6, 6.07) is -0.561. The monoisotopic (exact) mass is 300 g/mol. The van der Waals surface area contributed by atoms with Crippen LogP contribution in [0.3, 0.4) is 0 Å². The fraction of sp³-hybridized carbons (Fsp3) is 0.800. The molecule has 0 aromatic carbocycles. The highest BCUT2D eigenvalue weighted by Gasteiger charge is 2.25. The van der Waals surface area contributed by atoms with E-state index in [2.05, 4.69) is 31.4 Å². The molecule has 0 aliphatic carbocycles. The lowest BCUT2D eigenvalue weighted by atomic mass is 9.76. The van der Waals surface area contributed by atoms with Crippen molar-refractivity contribution in [1.82, 2.24) is 10.6 Å². The Kier molecular flexibility index (Phi) is 7.99. The van der Waals surface area contributed by atoms with Gasteiger partial charge in [-0.25, -0.2) is 0 Å². The number of carboxylic acids is 1. The lowest BCUT2D eigenvalue weighted by Crippen LogP contribution is -2.44. The van der Waals surface area contributed by atoms with Crippen LogP contribution in [-0.2, 0) is 14.4 Å². The minimum Gasteiger partial charge on any atom is -0.481 e. The number of nitrogens with one attached hydrogen (secondary N) is 2. The van der Waals surface area contributed by atoms with Crippen molar-refractivity contribution in [2.24, 2.45) is 11.3 Å². The van der Waals surface area contributed by atoms with Crippen molar-refractivity contribution >= 4 is 17.8 Å². The summed E-state index contributed by atoms with van der Waals surface area (Å²) in [5, 5.41) is 14.1. The van der Waals surface area contributed by atoms with Gasteiger partial charge in [-0.2, -0.15) is 0 Å². The van der Waals surface area contributed by atoms with Crippen molar-refractivity contribution in [1.29, 1.82) is 0 Å². The van der Waals surface area contributed by atoms with Gasteiger partial charge in [0.2, 0.25) is 11.8 Å². The van der Waals surface area contributed by atoms with Crippen LogP contribution in [0.4, 0.5) is 0 Å². The number of hydrogen-bond donors (Lipinski definition) is 3. The summed E-state index contributed by atoms with van der Waals surface area (Å²) in [6.07, 6.45) is 1.45. The van der Waals surface area contributed by atoms with Crippen LogP contribution in [0.2, 0.25) is 0 Å². The van der Waals surface area contributed by atoms with Gasteiger partial charge < -0.3 is 15.7 Å². The van der Waals surface area contributed by atoms with E-state index < -0.39 is 12.0 Å². The molecular weight excluding hydrogens is 272 g/mol. The fourth-order valence-electron chi connectivity index (χ4n) is 2.20. The Bertz CT molecular complexity index is 374. The quantitative estimate of drug-likeness (QED) is 0.633. The number of carbonyl (C=O) groups is 3. The lowest BCUT2D eigenvalue weighted by Gasteiger charge is -2.30. The van der Waals surface area contributed by atoms with E-state index in [-0.39, 0.29) is 29.6 Å². The molecule has 6 heteroatoms. The molecule has 2 amide bonds. The molecule has 2 unspecified atom stereocenters. The van der Waals surface area contributed by atoms with E-state index in [1.165, 1.54) is 6.92 Å². The Labute approximate surface area is 126 Å². The topological polar surface area (TPSA) is 95.5 Å². The Balaban J connectivity index is 4.27. The van der Waals surface area contributed by atoms with Crippen LogP contribution in [-0.4, -0.2) is 35.5 Å². The molecule has 0 heterocycles. The zero-order valence-electron chi connectivity index (χ0n) is 13.7. The van der Waals surface area contributed by atoms with E-state index in [0.717, 1.165) is 6.42 Å². The second-order valence-corrected chi connectivity index (χ2v) is 6.50. The SMILES string of the molecule is CC(=O)NC(C)C(=O)NCCC(CCC(=O)O)C(C)(C)C. The summed E-state index contributed by atoms with van der Waals surface area (Å²) in [4.78, 5) is 33.3. The molecule has 0 rings (SSSR count). The predicted molar refractivity (Wildman–Crippen MR) is 80.7 cm³/mol. The fourth-order valence-corrected chi connectivity index (χ4v) is 2.20. The molecule has 0 bridgehead atoms. The van der Waals surface area contributed by atoms with Crippen molar-refractivity contribution in [3.8, 4) is 0 Å². The molecule has 0 saturated heterocycles. The number of carboxylic acid groups (broad SMARTS) is 1. The third-order valence-corrected chi connectivity index (χ3v) is 3.54. The molecule has 0 aliphatic rings. The van der Waals surface area contributed by atoms with Crippen molar-refractivity contribution in [3.63, 3.8) is 0 Å². The molecule has 122 valence electrons. The molecule has 0 aromatic rings. The van der Waals surface area contributed by atoms with Gasteiger partial charge >= 0.3 is 5.97 Å². The molecule has 2 atom stereocenters. The third kappa shape index (κ3) is 9.05. The first-order valence-corrected chi connectivity index (χ1v) is 7.30. The standard InChI is InChI=1S/C15H28N2O4/c1-10(17-11(2)18)14(21)16-9-8-12(15(3,4)5)6-7-13(19)20/h10,12H,6-9H2,1-5H3,(H,16,21)(H,17,18)(H,19,20). The zero-order valence-corrected chi connectivity index (χ0v) is 13.7. The summed E-state index contributed by atoms with van der Waals surface area (Å²) in [5.41, 5.74) is -0.0105. The van der Waals surface area contributed by atoms with Gasteiger partial charge in [-0.3, -0.25) is 14.4 Å². The Morgan fingerprint density at radius 2 is 1.71 bits per heavy atom. The number of rotatable bonds is 8. The molecule has 0 spiro atoms. The molecular formula is C15H28N2O4. The van der Waals surface area contributed by atoms with Gasteiger partial charge in [0.05, 0.1) is 0 Å². The van der Waals surface area contributed by atoms with Gasteiger partial charge in [-0.1, -0.05) is 20.8 Å². The van der Waals surface area contributed by atoms with Crippen LogP contribution in [0.5, 0.6) is 0 Å². The van der Waals surface area contributed by atoms with Gasteiger partial charge in [-0.05, 0) is 31.1 Å². The second-order valence-electron chi connectivity index (χ2n) is 6.50. The Morgan fingerprint density at radius 3 is 2.14 bits per heavy atom. The van der Waals surface area contributed by atoms with Crippen LogP contribution in [0.25, 0.3) is 0 Å². The van der Waals surface area contributed by atoms with E-state index in [1.54, 1.807) is 6.92 Å².